The molecule has 2 aromatic rings. The molecule has 13 nitrogen and oxygen atoms in total. The van der Waals surface area contributed by atoms with E-state index < -0.39 is 42.4 Å². The second-order valence-corrected chi connectivity index (χ2v) is 8.58. The number of carbonyl (C=O) groups excluding carboxylic acids is 2. The van der Waals surface area contributed by atoms with Gasteiger partial charge in [-0.1, -0.05) is 12.1 Å². The fourth-order valence-corrected chi connectivity index (χ4v) is 3.34. The smallest absolute Gasteiger partial charge is 0.326 e. The third-order valence-electron chi connectivity index (χ3n) is 5.48. The zero-order chi connectivity index (χ0) is 29.5. The molecule has 0 saturated heterocycles. The molecule has 0 bridgehead atoms. The Labute approximate surface area is 228 Å². The minimum atomic E-state index is -1.49. The predicted molar refractivity (Wildman–Crippen MR) is 142 cm³/mol. The van der Waals surface area contributed by atoms with Crippen molar-refractivity contribution in [1.82, 2.24) is 16.0 Å². The van der Waals surface area contributed by atoms with Crippen molar-refractivity contribution in [3.63, 3.8) is 0 Å². The third kappa shape index (κ3) is 11.6. The first-order chi connectivity index (χ1) is 19.0. The number of halogens is 1. The molecule has 14 heteroatoms. The van der Waals surface area contributed by atoms with E-state index in [0.717, 1.165) is 0 Å². The fourth-order valence-electron chi connectivity index (χ4n) is 3.34. The number of carbonyl (C=O) groups is 5. The number of hydrazone groups is 1. The lowest BCUT2D eigenvalue weighted by Crippen LogP contribution is -2.51. The number of carboxylic acids is 3. The van der Waals surface area contributed by atoms with Crippen LogP contribution in [0.2, 0.25) is 0 Å². The van der Waals surface area contributed by atoms with Crippen LogP contribution in [0.25, 0.3) is 0 Å². The molecule has 0 aliphatic rings. The summed E-state index contributed by atoms with van der Waals surface area (Å²) in [6.07, 6.45) is 1.43. The van der Waals surface area contributed by atoms with E-state index in [4.69, 9.17) is 10.2 Å². The Morgan fingerprint density at radius 3 is 2.00 bits per heavy atom. The molecule has 2 atom stereocenters. The Morgan fingerprint density at radius 1 is 0.825 bits per heavy atom. The quantitative estimate of drug-likeness (QED) is 0.0913. The topological polar surface area (TPSA) is 207 Å². The first-order valence-corrected chi connectivity index (χ1v) is 12.2. The summed E-state index contributed by atoms with van der Waals surface area (Å²) in [5, 5.41) is 38.1. The number of amides is 3. The molecule has 214 valence electrons. The molecule has 0 heterocycles. The van der Waals surface area contributed by atoms with Gasteiger partial charge in [0.1, 0.15) is 17.9 Å². The Morgan fingerprint density at radius 2 is 1.43 bits per heavy atom. The van der Waals surface area contributed by atoms with Crippen molar-refractivity contribution in [2.75, 3.05) is 12.0 Å². The van der Waals surface area contributed by atoms with Crippen LogP contribution in [0.3, 0.4) is 0 Å². The molecule has 0 fully saturated rings. The highest BCUT2D eigenvalue weighted by molar-refractivity contribution is 5.94. The van der Waals surface area contributed by atoms with Gasteiger partial charge in [0.25, 0.3) is 5.91 Å². The monoisotopic (exact) mass is 559 g/mol. The summed E-state index contributed by atoms with van der Waals surface area (Å²) < 4.78 is 12.9. The number of unbranched alkanes of at least 4 members (excludes halogenated alkanes) is 1. The van der Waals surface area contributed by atoms with Crippen LogP contribution in [-0.2, 0) is 14.4 Å². The molecular weight excluding hydrogens is 529 g/mol. The van der Waals surface area contributed by atoms with E-state index in [0.29, 0.717) is 29.7 Å². The van der Waals surface area contributed by atoms with E-state index in [2.05, 4.69) is 26.5 Å². The van der Waals surface area contributed by atoms with Crippen LogP contribution in [-0.4, -0.2) is 70.0 Å². The molecule has 0 saturated carbocycles. The third-order valence-corrected chi connectivity index (χ3v) is 5.48. The van der Waals surface area contributed by atoms with E-state index in [1.165, 1.54) is 18.3 Å². The number of urea groups is 1. The average Bonchev–Trinajstić information content (AvgIpc) is 2.91. The predicted octanol–water partition coefficient (Wildman–Crippen LogP) is 2.24. The van der Waals surface area contributed by atoms with Crippen LogP contribution in [0.5, 0.6) is 0 Å². The van der Waals surface area contributed by atoms with Gasteiger partial charge in [-0.05, 0) is 67.6 Å². The fraction of sp³-hybridized carbons (Fsp3) is 0.308. The average molecular weight is 560 g/mol. The summed E-state index contributed by atoms with van der Waals surface area (Å²) in [6, 6.07) is 8.45. The number of hydrogen-bond donors (Lipinski definition) is 7. The Hall–Kier alpha value is -5.01. The van der Waals surface area contributed by atoms with Crippen LogP contribution in [0, 0.1) is 5.82 Å². The maximum Gasteiger partial charge on any atom is 0.326 e. The molecule has 0 aliphatic carbocycles. The van der Waals surface area contributed by atoms with Gasteiger partial charge in [0.05, 0.1) is 11.9 Å². The molecule has 2 unspecified atom stereocenters. The van der Waals surface area contributed by atoms with Gasteiger partial charge in [-0.2, -0.15) is 5.10 Å². The number of carboxylic acid groups (broad SMARTS) is 3. The second kappa shape index (κ2) is 16.1. The first kappa shape index (κ1) is 31.2. The Bertz CT molecular complexity index is 1200. The van der Waals surface area contributed by atoms with Gasteiger partial charge in [0, 0.05) is 18.5 Å². The molecule has 0 aromatic heterocycles. The molecule has 40 heavy (non-hydrogen) atoms. The van der Waals surface area contributed by atoms with Crippen LogP contribution in [0.1, 0.15) is 48.0 Å². The van der Waals surface area contributed by atoms with Crippen molar-refractivity contribution in [1.29, 1.82) is 0 Å². The van der Waals surface area contributed by atoms with Gasteiger partial charge < -0.3 is 31.3 Å². The van der Waals surface area contributed by atoms with Crippen LogP contribution < -0.4 is 21.4 Å². The standard InChI is InChI=1S/C26H30FN5O8/c27-18-8-4-16(5-9-18)15-29-32-19-10-6-17(7-11-19)23(35)28-14-2-1-3-20(24(36)37)30-26(40)31-21(25(38)39)12-13-22(33)34/h4-11,15,20-21,32H,1-3,12-14H2,(H,28,35)(H,33,34)(H,36,37)(H,38,39)(H2,30,31,40)/b29-15+. The van der Waals surface area contributed by atoms with Crippen molar-refractivity contribution in [3.8, 4) is 0 Å². The van der Waals surface area contributed by atoms with Crippen molar-refractivity contribution in [3.05, 3.63) is 65.5 Å². The number of benzene rings is 2. The number of aliphatic carboxylic acids is 3. The highest BCUT2D eigenvalue weighted by Crippen LogP contribution is 2.10. The van der Waals surface area contributed by atoms with E-state index in [1.54, 1.807) is 36.4 Å². The van der Waals surface area contributed by atoms with E-state index in [9.17, 15) is 33.5 Å². The summed E-state index contributed by atoms with van der Waals surface area (Å²) in [5.41, 5.74) is 4.53. The molecule has 0 spiro atoms. The lowest BCUT2D eigenvalue weighted by Gasteiger charge is -2.18. The lowest BCUT2D eigenvalue weighted by molar-refractivity contribution is -0.140. The summed E-state index contributed by atoms with van der Waals surface area (Å²) in [4.78, 5) is 57.7. The van der Waals surface area contributed by atoms with Gasteiger partial charge in [0.15, 0.2) is 0 Å². The van der Waals surface area contributed by atoms with E-state index >= 15 is 0 Å². The van der Waals surface area contributed by atoms with E-state index in [-0.39, 0.29) is 31.1 Å². The molecule has 2 aromatic carbocycles. The van der Waals surface area contributed by atoms with Crippen LogP contribution >= 0.6 is 0 Å². The normalized spacial score (nSPS) is 12.2. The van der Waals surface area contributed by atoms with Crippen molar-refractivity contribution >= 4 is 41.7 Å². The van der Waals surface area contributed by atoms with Gasteiger partial charge >= 0.3 is 23.9 Å². The molecular formula is C26H30FN5O8. The van der Waals surface area contributed by atoms with E-state index in [1.807, 2.05) is 0 Å². The highest BCUT2D eigenvalue weighted by Gasteiger charge is 2.24. The van der Waals surface area contributed by atoms with Crippen LogP contribution in [0.4, 0.5) is 14.9 Å². The zero-order valence-corrected chi connectivity index (χ0v) is 21.3. The van der Waals surface area contributed by atoms with Gasteiger partial charge in [0.2, 0.25) is 0 Å². The molecule has 3 amide bonds. The minimum Gasteiger partial charge on any atom is -0.481 e. The largest absolute Gasteiger partial charge is 0.481 e. The Kier molecular flexibility index (Phi) is 12.5. The van der Waals surface area contributed by atoms with Gasteiger partial charge in [-0.3, -0.25) is 15.0 Å². The summed E-state index contributed by atoms with van der Waals surface area (Å²) in [6.45, 7) is 0.246. The Balaban J connectivity index is 1.72. The minimum absolute atomic E-state index is 0.0181. The maximum atomic E-state index is 12.9. The number of nitrogens with one attached hydrogen (secondary N) is 4. The maximum absolute atomic E-state index is 12.9. The van der Waals surface area contributed by atoms with Crippen LogP contribution in [0.15, 0.2) is 53.6 Å². The van der Waals surface area contributed by atoms with Gasteiger partial charge in [-0.15, -0.1) is 0 Å². The number of nitrogens with zero attached hydrogens (tertiary/aromatic N) is 1. The lowest BCUT2D eigenvalue weighted by atomic mass is 10.1. The zero-order valence-electron chi connectivity index (χ0n) is 21.3. The second-order valence-electron chi connectivity index (χ2n) is 8.58. The van der Waals surface area contributed by atoms with Crippen molar-refractivity contribution < 1.29 is 43.7 Å². The van der Waals surface area contributed by atoms with Crippen molar-refractivity contribution in [2.45, 2.75) is 44.2 Å². The molecule has 7 N–H and O–H groups in total. The van der Waals surface area contributed by atoms with Gasteiger partial charge in [-0.25, -0.2) is 18.8 Å². The molecule has 0 aliphatic heterocycles. The highest BCUT2D eigenvalue weighted by atomic mass is 19.1. The number of hydrogen-bond acceptors (Lipinski definition) is 7. The summed E-state index contributed by atoms with van der Waals surface area (Å²) >= 11 is 0. The molecule has 0 radical (unpaired) electrons. The summed E-state index contributed by atoms with van der Waals surface area (Å²) in [5.74, 6) is -4.69. The SMILES string of the molecule is O=C(O)CCC(NC(=O)NC(CCCCNC(=O)c1ccc(N/N=C/c2ccc(F)cc2)cc1)C(=O)O)C(=O)O. The van der Waals surface area contributed by atoms with Crippen molar-refractivity contribution in [2.24, 2.45) is 5.10 Å². The molecule has 2 rings (SSSR count). The first-order valence-electron chi connectivity index (χ1n) is 12.2. The number of anilines is 1. The summed E-state index contributed by atoms with van der Waals surface area (Å²) in [7, 11) is 0. The number of rotatable bonds is 16.